The molecular weight excluding hydrogens is 442 g/mol. The minimum atomic E-state index is -3.49. The number of benzene rings is 2. The van der Waals surface area contributed by atoms with Crippen LogP contribution in [0.3, 0.4) is 0 Å². The lowest BCUT2D eigenvalue weighted by atomic mass is 10.1. The second-order valence-electron chi connectivity index (χ2n) is 6.61. The van der Waals surface area contributed by atoms with Gasteiger partial charge in [0, 0.05) is 34.7 Å². The van der Waals surface area contributed by atoms with Crippen molar-refractivity contribution in [2.75, 3.05) is 18.4 Å². The lowest BCUT2D eigenvalue weighted by Gasteiger charge is -2.15. The van der Waals surface area contributed by atoms with E-state index in [1.165, 1.54) is 28.6 Å². The maximum atomic E-state index is 12.7. The van der Waals surface area contributed by atoms with E-state index >= 15 is 0 Å². The predicted molar refractivity (Wildman–Crippen MR) is 112 cm³/mol. The minimum Gasteiger partial charge on any atom is -0.321 e. The van der Waals surface area contributed by atoms with Crippen molar-refractivity contribution < 1.29 is 13.2 Å². The zero-order valence-corrected chi connectivity index (χ0v) is 17.3. The Hall–Kier alpha value is -2.29. The molecule has 0 bridgehead atoms. The second-order valence-corrected chi connectivity index (χ2v) is 9.46. The third-order valence-electron chi connectivity index (χ3n) is 4.77. The van der Waals surface area contributed by atoms with Crippen molar-refractivity contribution in [2.45, 2.75) is 17.7 Å². The maximum Gasteiger partial charge on any atom is 0.255 e. The number of nitrogens with zero attached hydrogens (tertiary/aromatic N) is 2. The van der Waals surface area contributed by atoms with E-state index in [1.54, 1.807) is 12.3 Å². The van der Waals surface area contributed by atoms with E-state index in [4.69, 9.17) is 0 Å². The monoisotopic (exact) mass is 459 g/mol. The number of rotatable bonds is 4. The number of anilines is 1. The maximum absolute atomic E-state index is 12.7. The Morgan fingerprint density at radius 3 is 2.46 bits per heavy atom. The summed E-state index contributed by atoms with van der Waals surface area (Å²) in [5.74, 6) is -0.308. The van der Waals surface area contributed by atoms with Gasteiger partial charge in [0.2, 0.25) is 10.0 Å². The number of hydrogen-bond donors (Lipinski definition) is 1. The van der Waals surface area contributed by atoms with Crippen LogP contribution in [-0.2, 0) is 10.0 Å². The molecule has 1 fully saturated rings. The quantitative estimate of drug-likeness (QED) is 0.638. The Morgan fingerprint density at radius 2 is 1.75 bits per heavy atom. The Labute approximate surface area is 171 Å². The molecule has 6 nitrogen and oxygen atoms in total. The van der Waals surface area contributed by atoms with Crippen LogP contribution in [0.2, 0.25) is 0 Å². The first-order valence-corrected chi connectivity index (χ1v) is 11.1. The molecule has 1 aliphatic rings. The van der Waals surface area contributed by atoms with Gasteiger partial charge in [-0.15, -0.1) is 0 Å². The number of aromatic nitrogens is 1. The number of pyridine rings is 1. The molecule has 0 atom stereocenters. The fraction of sp³-hybridized carbons (Fsp3) is 0.200. The Balaban J connectivity index is 1.57. The first-order chi connectivity index (χ1) is 13.4. The number of fused-ring (bicyclic) bond motifs is 1. The molecule has 28 heavy (non-hydrogen) atoms. The highest BCUT2D eigenvalue weighted by atomic mass is 79.9. The van der Waals surface area contributed by atoms with Gasteiger partial charge in [0.25, 0.3) is 5.91 Å². The van der Waals surface area contributed by atoms with Crippen LogP contribution >= 0.6 is 15.9 Å². The summed E-state index contributed by atoms with van der Waals surface area (Å²) in [5.41, 5.74) is 1.80. The molecule has 0 radical (unpaired) electrons. The number of nitrogens with one attached hydrogen (secondary N) is 1. The van der Waals surface area contributed by atoms with E-state index in [0.29, 0.717) is 24.3 Å². The van der Waals surface area contributed by atoms with Crippen molar-refractivity contribution in [2.24, 2.45) is 0 Å². The molecule has 1 saturated heterocycles. The van der Waals surface area contributed by atoms with Crippen molar-refractivity contribution in [1.29, 1.82) is 0 Å². The minimum absolute atomic E-state index is 0.212. The number of carbonyl (C=O) groups is 1. The van der Waals surface area contributed by atoms with Crippen molar-refractivity contribution in [3.05, 3.63) is 64.8 Å². The van der Waals surface area contributed by atoms with Crippen LogP contribution in [0, 0.1) is 0 Å². The van der Waals surface area contributed by atoms with E-state index in [1.807, 2.05) is 18.2 Å². The van der Waals surface area contributed by atoms with Crippen LogP contribution in [-0.4, -0.2) is 36.7 Å². The van der Waals surface area contributed by atoms with Gasteiger partial charge in [-0.05, 0) is 61.4 Å². The largest absolute Gasteiger partial charge is 0.321 e. The second kappa shape index (κ2) is 7.62. The molecule has 4 rings (SSSR count). The van der Waals surface area contributed by atoms with Gasteiger partial charge in [0.05, 0.1) is 16.1 Å². The Bertz CT molecular complexity index is 1140. The van der Waals surface area contributed by atoms with Gasteiger partial charge in [-0.25, -0.2) is 8.42 Å². The van der Waals surface area contributed by atoms with Crippen molar-refractivity contribution in [1.82, 2.24) is 9.29 Å². The molecule has 3 aromatic rings. The van der Waals surface area contributed by atoms with Gasteiger partial charge < -0.3 is 5.32 Å². The number of hydrogen-bond acceptors (Lipinski definition) is 4. The van der Waals surface area contributed by atoms with Crippen LogP contribution in [0.25, 0.3) is 10.9 Å². The summed E-state index contributed by atoms with van der Waals surface area (Å²) in [6.07, 6.45) is 3.41. The summed E-state index contributed by atoms with van der Waals surface area (Å²) in [4.78, 5) is 17.2. The number of sulfonamides is 1. The molecule has 8 heteroatoms. The third kappa shape index (κ3) is 3.67. The molecular formula is C20H18BrN3O3S. The van der Waals surface area contributed by atoms with Crippen LogP contribution < -0.4 is 5.32 Å². The molecule has 0 aliphatic carbocycles. The first kappa shape index (κ1) is 19.0. The fourth-order valence-electron chi connectivity index (χ4n) is 3.28. The van der Waals surface area contributed by atoms with Crippen LogP contribution in [0.4, 0.5) is 5.69 Å². The summed E-state index contributed by atoms with van der Waals surface area (Å²) in [5, 5.41) is 3.70. The normalized spacial score (nSPS) is 15.0. The van der Waals surface area contributed by atoms with E-state index in [-0.39, 0.29) is 10.8 Å². The lowest BCUT2D eigenvalue weighted by molar-refractivity contribution is 0.102. The number of carbonyl (C=O) groups excluding carboxylic acids is 1. The van der Waals surface area contributed by atoms with Crippen molar-refractivity contribution in [3.8, 4) is 0 Å². The summed E-state index contributed by atoms with van der Waals surface area (Å²) < 4.78 is 27.6. The summed E-state index contributed by atoms with van der Waals surface area (Å²) in [6.45, 7) is 1.10. The van der Waals surface area contributed by atoms with Gasteiger partial charge in [-0.2, -0.15) is 4.31 Å². The predicted octanol–water partition coefficient (Wildman–Crippen LogP) is 4.03. The molecule has 0 spiro atoms. The molecule has 1 amide bonds. The van der Waals surface area contributed by atoms with Crippen LogP contribution in [0.1, 0.15) is 23.2 Å². The molecule has 1 aliphatic heterocycles. The van der Waals surface area contributed by atoms with Gasteiger partial charge >= 0.3 is 0 Å². The standard InChI is InChI=1S/C20H18BrN3O3S/c21-15-5-8-18-17(13-15)19(9-10-22-18)23-20(25)14-3-6-16(7-4-14)28(26,27)24-11-1-2-12-24/h3-10,13H,1-2,11-12H2,(H,22,23,25). The summed E-state index contributed by atoms with van der Waals surface area (Å²) in [7, 11) is -3.49. The van der Waals surface area contributed by atoms with E-state index in [0.717, 1.165) is 28.2 Å². The molecule has 0 saturated carbocycles. The van der Waals surface area contributed by atoms with Gasteiger partial charge in [-0.1, -0.05) is 15.9 Å². The zero-order chi connectivity index (χ0) is 19.7. The molecule has 2 aromatic carbocycles. The highest BCUT2D eigenvalue weighted by Gasteiger charge is 2.27. The lowest BCUT2D eigenvalue weighted by Crippen LogP contribution is -2.27. The van der Waals surface area contributed by atoms with Crippen LogP contribution in [0.5, 0.6) is 0 Å². The Morgan fingerprint density at radius 1 is 1.04 bits per heavy atom. The Kier molecular flexibility index (Phi) is 5.18. The zero-order valence-electron chi connectivity index (χ0n) is 14.9. The first-order valence-electron chi connectivity index (χ1n) is 8.91. The van der Waals surface area contributed by atoms with Crippen molar-refractivity contribution >= 4 is 48.5 Å². The van der Waals surface area contributed by atoms with Gasteiger partial charge in [-0.3, -0.25) is 9.78 Å². The van der Waals surface area contributed by atoms with Gasteiger partial charge in [0.1, 0.15) is 0 Å². The van der Waals surface area contributed by atoms with E-state index < -0.39 is 10.0 Å². The third-order valence-corrected chi connectivity index (χ3v) is 7.18. The topological polar surface area (TPSA) is 79.4 Å². The molecule has 1 aromatic heterocycles. The SMILES string of the molecule is O=C(Nc1ccnc2ccc(Br)cc12)c1ccc(S(=O)(=O)N2CCCC2)cc1. The highest BCUT2D eigenvalue weighted by Crippen LogP contribution is 2.26. The van der Waals surface area contributed by atoms with Crippen LogP contribution in [0.15, 0.2) is 64.1 Å². The summed E-state index contributed by atoms with van der Waals surface area (Å²) in [6, 6.07) is 13.4. The molecule has 2 heterocycles. The fourth-order valence-corrected chi connectivity index (χ4v) is 5.16. The van der Waals surface area contributed by atoms with E-state index in [2.05, 4.69) is 26.2 Å². The molecule has 144 valence electrons. The van der Waals surface area contributed by atoms with Gasteiger partial charge in [0.15, 0.2) is 0 Å². The van der Waals surface area contributed by atoms with Crippen molar-refractivity contribution in [3.63, 3.8) is 0 Å². The average Bonchev–Trinajstić information content (AvgIpc) is 3.24. The molecule has 0 unspecified atom stereocenters. The smallest absolute Gasteiger partial charge is 0.255 e. The number of halogens is 1. The highest BCUT2D eigenvalue weighted by molar-refractivity contribution is 9.10. The van der Waals surface area contributed by atoms with E-state index in [9.17, 15) is 13.2 Å². The molecule has 1 N–H and O–H groups in total. The average molecular weight is 460 g/mol. The summed E-state index contributed by atoms with van der Waals surface area (Å²) >= 11 is 3.43. The number of amides is 1.